The molecular formula is C18H24N2O6. The van der Waals surface area contributed by atoms with Gasteiger partial charge in [-0.2, -0.15) is 0 Å². The maximum atomic E-state index is 12.1. The fourth-order valence-corrected chi connectivity index (χ4v) is 2.67. The molecule has 2 N–H and O–H groups in total. The monoisotopic (exact) mass is 364 g/mol. The van der Waals surface area contributed by atoms with Gasteiger partial charge < -0.3 is 24.8 Å². The number of rotatable bonds is 8. The molecule has 2 amide bonds. The van der Waals surface area contributed by atoms with E-state index in [0.717, 1.165) is 0 Å². The first-order chi connectivity index (χ1) is 12.5. The summed E-state index contributed by atoms with van der Waals surface area (Å²) in [6.07, 6.45) is 1.07. The van der Waals surface area contributed by atoms with Crippen LogP contribution in [-0.4, -0.2) is 55.6 Å². The molecule has 142 valence electrons. The summed E-state index contributed by atoms with van der Waals surface area (Å²) in [7, 11) is 0. The van der Waals surface area contributed by atoms with E-state index in [4.69, 9.17) is 19.9 Å². The fraction of sp³-hybridized carbons (Fsp3) is 0.500. The molecule has 8 nitrogen and oxygen atoms in total. The number of nitrogens with zero attached hydrogens (tertiary/aromatic N) is 1. The number of esters is 1. The number of primary amides is 1. The Labute approximate surface area is 152 Å². The Bertz CT molecular complexity index is 640. The summed E-state index contributed by atoms with van der Waals surface area (Å²) < 4.78 is 15.8. The Hall–Kier alpha value is -2.77. The molecule has 0 bridgehead atoms. The third-order valence-electron chi connectivity index (χ3n) is 4.10. The van der Waals surface area contributed by atoms with E-state index in [0.29, 0.717) is 44.0 Å². The van der Waals surface area contributed by atoms with Crippen LogP contribution in [0.3, 0.4) is 0 Å². The molecule has 0 spiro atoms. The van der Waals surface area contributed by atoms with E-state index in [-0.39, 0.29) is 30.9 Å². The van der Waals surface area contributed by atoms with Crippen molar-refractivity contribution in [1.82, 2.24) is 4.90 Å². The van der Waals surface area contributed by atoms with Gasteiger partial charge in [0.1, 0.15) is 0 Å². The Balaban J connectivity index is 1.72. The number of nitrogens with two attached hydrogens (primary N) is 1. The zero-order valence-corrected chi connectivity index (χ0v) is 14.8. The van der Waals surface area contributed by atoms with Crippen LogP contribution in [-0.2, 0) is 19.1 Å². The van der Waals surface area contributed by atoms with Crippen molar-refractivity contribution in [2.45, 2.75) is 19.8 Å². The van der Waals surface area contributed by atoms with E-state index in [1.807, 2.05) is 6.92 Å². The lowest BCUT2D eigenvalue weighted by Gasteiger charge is -2.30. The highest BCUT2D eigenvalue weighted by molar-refractivity contribution is 5.82. The predicted octanol–water partition coefficient (Wildman–Crippen LogP) is 0.731. The van der Waals surface area contributed by atoms with Crippen LogP contribution in [0.5, 0.6) is 11.5 Å². The summed E-state index contributed by atoms with van der Waals surface area (Å²) in [6, 6.07) is 6.99. The van der Waals surface area contributed by atoms with Gasteiger partial charge in [0, 0.05) is 19.0 Å². The number of likely N-dealkylation sites (tertiary alicyclic amines) is 1. The van der Waals surface area contributed by atoms with Gasteiger partial charge in [-0.25, -0.2) is 4.79 Å². The second-order valence-electron chi connectivity index (χ2n) is 5.89. The molecule has 26 heavy (non-hydrogen) atoms. The molecule has 0 saturated carbocycles. The first-order valence-corrected chi connectivity index (χ1v) is 8.58. The van der Waals surface area contributed by atoms with E-state index >= 15 is 0 Å². The van der Waals surface area contributed by atoms with E-state index in [1.165, 1.54) is 0 Å². The van der Waals surface area contributed by atoms with Crippen LogP contribution in [0, 0.1) is 5.92 Å². The Kier molecular flexibility index (Phi) is 7.25. The molecule has 0 radical (unpaired) electrons. The van der Waals surface area contributed by atoms with Crippen LogP contribution >= 0.6 is 0 Å². The lowest BCUT2D eigenvalue weighted by Crippen LogP contribution is -2.43. The molecule has 0 aliphatic carbocycles. The van der Waals surface area contributed by atoms with Crippen molar-refractivity contribution in [3.05, 3.63) is 24.3 Å². The number of benzene rings is 1. The maximum absolute atomic E-state index is 12.1. The van der Waals surface area contributed by atoms with Gasteiger partial charge >= 0.3 is 5.97 Å². The minimum absolute atomic E-state index is 0.194. The summed E-state index contributed by atoms with van der Waals surface area (Å²) in [6.45, 7) is 2.52. The first-order valence-electron chi connectivity index (χ1n) is 8.58. The number of amides is 2. The Morgan fingerprint density at radius 2 is 1.69 bits per heavy atom. The van der Waals surface area contributed by atoms with Crippen molar-refractivity contribution in [2.75, 3.05) is 32.9 Å². The second-order valence-corrected chi connectivity index (χ2v) is 5.89. The third-order valence-corrected chi connectivity index (χ3v) is 4.10. The highest BCUT2D eigenvalue weighted by atomic mass is 16.6. The van der Waals surface area contributed by atoms with Crippen molar-refractivity contribution in [3.8, 4) is 11.5 Å². The average Bonchev–Trinajstić information content (AvgIpc) is 2.65. The summed E-state index contributed by atoms with van der Waals surface area (Å²) in [5.74, 6) is -0.497. The third kappa shape index (κ3) is 5.65. The van der Waals surface area contributed by atoms with Crippen molar-refractivity contribution in [1.29, 1.82) is 0 Å². The minimum atomic E-state index is -0.642. The smallest absolute Gasteiger partial charge is 0.344 e. The Morgan fingerprint density at radius 3 is 2.27 bits per heavy atom. The lowest BCUT2D eigenvalue weighted by atomic mass is 9.96. The first kappa shape index (κ1) is 19.6. The zero-order chi connectivity index (χ0) is 18.9. The number of ether oxygens (including phenoxy) is 3. The maximum Gasteiger partial charge on any atom is 0.344 e. The molecule has 8 heteroatoms. The summed E-state index contributed by atoms with van der Waals surface area (Å²) >= 11 is 0. The fourth-order valence-electron chi connectivity index (χ4n) is 2.67. The number of piperidine rings is 1. The van der Waals surface area contributed by atoms with Gasteiger partial charge in [-0.15, -0.1) is 0 Å². The SMILES string of the molecule is CCOc1ccccc1OCC(=O)OCC(=O)N1CCC(C(N)=O)CC1. The zero-order valence-electron chi connectivity index (χ0n) is 14.8. The van der Waals surface area contributed by atoms with Crippen LogP contribution in [0.4, 0.5) is 0 Å². The van der Waals surface area contributed by atoms with Gasteiger partial charge in [-0.3, -0.25) is 9.59 Å². The second kappa shape index (κ2) is 9.65. The molecule has 1 aromatic carbocycles. The average molecular weight is 364 g/mol. The van der Waals surface area contributed by atoms with Crippen LogP contribution in [0.2, 0.25) is 0 Å². The van der Waals surface area contributed by atoms with Crippen molar-refractivity contribution in [2.24, 2.45) is 11.7 Å². The molecule has 2 rings (SSSR count). The minimum Gasteiger partial charge on any atom is -0.490 e. The van der Waals surface area contributed by atoms with Crippen molar-refractivity contribution in [3.63, 3.8) is 0 Å². The summed E-state index contributed by atoms with van der Waals surface area (Å²) in [5, 5.41) is 0. The van der Waals surface area contributed by atoms with Crippen LogP contribution in [0.15, 0.2) is 24.3 Å². The molecule has 1 aliphatic heterocycles. The molecule has 1 saturated heterocycles. The molecule has 1 heterocycles. The van der Waals surface area contributed by atoms with Gasteiger partial charge in [0.2, 0.25) is 5.91 Å². The predicted molar refractivity (Wildman–Crippen MR) is 92.6 cm³/mol. The number of hydrogen-bond acceptors (Lipinski definition) is 6. The molecule has 1 fully saturated rings. The number of carbonyl (C=O) groups excluding carboxylic acids is 3. The van der Waals surface area contributed by atoms with Crippen molar-refractivity contribution < 1.29 is 28.6 Å². The van der Waals surface area contributed by atoms with Gasteiger partial charge in [0.25, 0.3) is 5.91 Å². The van der Waals surface area contributed by atoms with E-state index < -0.39 is 5.97 Å². The number of hydrogen-bond donors (Lipinski definition) is 1. The van der Waals surface area contributed by atoms with E-state index in [9.17, 15) is 14.4 Å². The summed E-state index contributed by atoms with van der Waals surface area (Å²) in [5.41, 5.74) is 5.26. The van der Waals surface area contributed by atoms with E-state index in [2.05, 4.69) is 0 Å². The lowest BCUT2D eigenvalue weighted by molar-refractivity contribution is -0.154. The number of para-hydroxylation sites is 2. The normalized spacial score (nSPS) is 14.6. The largest absolute Gasteiger partial charge is 0.490 e. The Morgan fingerprint density at radius 1 is 1.08 bits per heavy atom. The standard InChI is InChI=1S/C18H24N2O6/c1-2-24-14-5-3-4-6-15(14)25-12-17(22)26-11-16(21)20-9-7-13(8-10-20)18(19)23/h3-6,13H,2,7-12H2,1H3,(H2,19,23). The van der Waals surface area contributed by atoms with Gasteiger partial charge in [-0.1, -0.05) is 12.1 Å². The van der Waals surface area contributed by atoms with Gasteiger partial charge in [0.15, 0.2) is 24.7 Å². The highest BCUT2D eigenvalue weighted by Gasteiger charge is 2.26. The molecule has 1 aliphatic rings. The molecule has 0 aromatic heterocycles. The van der Waals surface area contributed by atoms with Crippen LogP contribution in [0.1, 0.15) is 19.8 Å². The molecule has 1 aromatic rings. The highest BCUT2D eigenvalue weighted by Crippen LogP contribution is 2.26. The van der Waals surface area contributed by atoms with Crippen molar-refractivity contribution >= 4 is 17.8 Å². The summed E-state index contributed by atoms with van der Waals surface area (Å²) in [4.78, 5) is 36.6. The number of carbonyl (C=O) groups is 3. The molecular weight excluding hydrogens is 340 g/mol. The van der Waals surface area contributed by atoms with E-state index in [1.54, 1.807) is 29.2 Å². The van der Waals surface area contributed by atoms with Gasteiger partial charge in [-0.05, 0) is 31.9 Å². The quantitative estimate of drug-likeness (QED) is 0.681. The van der Waals surface area contributed by atoms with Gasteiger partial charge in [0.05, 0.1) is 6.61 Å². The molecule has 0 atom stereocenters. The van der Waals surface area contributed by atoms with Crippen LogP contribution in [0.25, 0.3) is 0 Å². The topological polar surface area (TPSA) is 108 Å². The molecule has 0 unspecified atom stereocenters. The van der Waals surface area contributed by atoms with Crippen LogP contribution < -0.4 is 15.2 Å².